The summed E-state index contributed by atoms with van der Waals surface area (Å²) in [4.78, 5) is 0. The van der Waals surface area contributed by atoms with Crippen molar-refractivity contribution in [3.05, 3.63) is 65.0 Å². The molecule has 1 unspecified atom stereocenters. The Hall–Kier alpha value is -1.97. The fourth-order valence-corrected chi connectivity index (χ4v) is 2.48. The van der Waals surface area contributed by atoms with Crippen molar-refractivity contribution >= 4 is 5.69 Å². The van der Waals surface area contributed by atoms with Crippen LogP contribution in [0, 0.1) is 17.5 Å². The number of anilines is 1. The number of para-hydroxylation sites is 1. The fourth-order valence-electron chi connectivity index (χ4n) is 2.48. The maximum atomic E-state index is 13.7. The minimum absolute atomic E-state index is 0.174. The molecular formula is C15H12F3N. The average Bonchev–Trinajstić information content (AvgIpc) is 2.42. The maximum absolute atomic E-state index is 13.7. The smallest absolute Gasteiger partial charge is 0.161 e. The summed E-state index contributed by atoms with van der Waals surface area (Å²) in [6, 6.07) is 8.95. The van der Waals surface area contributed by atoms with Gasteiger partial charge in [0.15, 0.2) is 11.6 Å². The molecule has 2 aromatic carbocycles. The molecule has 0 saturated heterocycles. The molecule has 1 atom stereocenters. The third kappa shape index (κ3) is 2.18. The molecule has 1 aliphatic rings. The number of rotatable bonds is 1. The van der Waals surface area contributed by atoms with Crippen molar-refractivity contribution in [2.45, 2.75) is 18.9 Å². The first-order valence-corrected chi connectivity index (χ1v) is 6.14. The first-order chi connectivity index (χ1) is 9.15. The van der Waals surface area contributed by atoms with Crippen molar-refractivity contribution in [1.29, 1.82) is 0 Å². The van der Waals surface area contributed by atoms with Gasteiger partial charge in [-0.05, 0) is 30.5 Å². The predicted molar refractivity (Wildman–Crippen MR) is 67.4 cm³/mol. The summed E-state index contributed by atoms with van der Waals surface area (Å²) in [5.74, 6) is -2.88. The molecule has 98 valence electrons. The van der Waals surface area contributed by atoms with E-state index < -0.39 is 17.5 Å². The van der Waals surface area contributed by atoms with Crippen LogP contribution in [0.2, 0.25) is 0 Å². The summed E-state index contributed by atoms with van der Waals surface area (Å²) in [5, 5.41) is 3.17. The normalized spacial score (nSPS) is 17.7. The van der Waals surface area contributed by atoms with Crippen LogP contribution in [-0.2, 0) is 6.42 Å². The second kappa shape index (κ2) is 4.61. The number of hydrogen-bond acceptors (Lipinski definition) is 1. The van der Waals surface area contributed by atoms with Gasteiger partial charge in [0.1, 0.15) is 5.82 Å². The number of benzene rings is 2. The molecule has 1 N–H and O–H groups in total. The average molecular weight is 263 g/mol. The molecule has 0 aromatic heterocycles. The van der Waals surface area contributed by atoms with Crippen molar-refractivity contribution in [3.63, 3.8) is 0 Å². The minimum atomic E-state index is -1.16. The van der Waals surface area contributed by atoms with E-state index in [1.807, 2.05) is 24.3 Å². The van der Waals surface area contributed by atoms with Gasteiger partial charge in [-0.1, -0.05) is 18.2 Å². The number of hydrogen-bond donors (Lipinski definition) is 1. The molecule has 0 bridgehead atoms. The summed E-state index contributed by atoms with van der Waals surface area (Å²) in [6.45, 7) is 0. The Morgan fingerprint density at radius 3 is 2.53 bits per heavy atom. The lowest BCUT2D eigenvalue weighted by Crippen LogP contribution is -2.19. The number of aryl methyl sites for hydroxylation is 1. The Kier molecular flexibility index (Phi) is 2.93. The van der Waals surface area contributed by atoms with E-state index >= 15 is 0 Å². The second-order valence-corrected chi connectivity index (χ2v) is 4.68. The molecule has 1 nitrogen and oxygen atoms in total. The molecule has 2 aromatic rings. The van der Waals surface area contributed by atoms with Gasteiger partial charge >= 0.3 is 0 Å². The Bertz CT molecular complexity index is 625. The molecule has 3 rings (SSSR count). The zero-order chi connectivity index (χ0) is 13.4. The van der Waals surface area contributed by atoms with Crippen LogP contribution in [0.5, 0.6) is 0 Å². The minimum Gasteiger partial charge on any atom is -0.378 e. The monoisotopic (exact) mass is 263 g/mol. The molecule has 4 heteroatoms. The Morgan fingerprint density at radius 2 is 1.68 bits per heavy atom. The van der Waals surface area contributed by atoms with Crippen LogP contribution in [0.1, 0.15) is 23.6 Å². The highest BCUT2D eigenvalue weighted by Gasteiger charge is 2.23. The van der Waals surface area contributed by atoms with E-state index in [1.54, 1.807) is 0 Å². The van der Waals surface area contributed by atoms with Crippen molar-refractivity contribution in [3.8, 4) is 0 Å². The lowest BCUT2D eigenvalue weighted by Gasteiger charge is -2.27. The van der Waals surface area contributed by atoms with Gasteiger partial charge < -0.3 is 5.32 Å². The van der Waals surface area contributed by atoms with Crippen LogP contribution >= 0.6 is 0 Å². The lowest BCUT2D eigenvalue weighted by atomic mass is 9.93. The second-order valence-electron chi connectivity index (χ2n) is 4.68. The van der Waals surface area contributed by atoms with Crippen molar-refractivity contribution < 1.29 is 13.2 Å². The molecule has 0 amide bonds. The van der Waals surface area contributed by atoms with Gasteiger partial charge in [0.25, 0.3) is 0 Å². The van der Waals surface area contributed by atoms with E-state index in [1.165, 1.54) is 0 Å². The topological polar surface area (TPSA) is 12.0 Å². The van der Waals surface area contributed by atoms with Crippen molar-refractivity contribution in [2.24, 2.45) is 0 Å². The van der Waals surface area contributed by atoms with Crippen LogP contribution in [0.3, 0.4) is 0 Å². The molecule has 0 spiro atoms. The van der Waals surface area contributed by atoms with Crippen LogP contribution in [-0.4, -0.2) is 0 Å². The summed E-state index contributed by atoms with van der Waals surface area (Å²) >= 11 is 0. The van der Waals surface area contributed by atoms with Crippen LogP contribution < -0.4 is 5.32 Å². The molecule has 1 aliphatic heterocycles. The highest BCUT2D eigenvalue weighted by Crippen LogP contribution is 2.33. The zero-order valence-electron chi connectivity index (χ0n) is 10.1. The highest BCUT2D eigenvalue weighted by molar-refractivity contribution is 5.55. The molecule has 0 radical (unpaired) electrons. The summed E-state index contributed by atoms with van der Waals surface area (Å²) in [7, 11) is 0. The van der Waals surface area contributed by atoms with Crippen LogP contribution in [0.15, 0.2) is 36.4 Å². The number of fused-ring (bicyclic) bond motifs is 1. The quantitative estimate of drug-likeness (QED) is 0.760. The number of nitrogens with one attached hydrogen (secondary N) is 1. The molecule has 0 aliphatic carbocycles. The van der Waals surface area contributed by atoms with E-state index in [0.717, 1.165) is 23.7 Å². The lowest BCUT2D eigenvalue weighted by molar-refractivity contribution is 0.483. The largest absolute Gasteiger partial charge is 0.378 e. The Labute approximate surface area is 109 Å². The third-order valence-corrected chi connectivity index (χ3v) is 3.46. The van der Waals surface area contributed by atoms with Gasteiger partial charge in [0, 0.05) is 17.3 Å². The van der Waals surface area contributed by atoms with Crippen LogP contribution in [0.4, 0.5) is 18.9 Å². The van der Waals surface area contributed by atoms with Gasteiger partial charge in [-0.25, -0.2) is 13.2 Å². The maximum Gasteiger partial charge on any atom is 0.161 e. The fraction of sp³-hybridized carbons (Fsp3) is 0.200. The molecular weight excluding hydrogens is 251 g/mol. The van der Waals surface area contributed by atoms with E-state index in [-0.39, 0.29) is 11.6 Å². The van der Waals surface area contributed by atoms with Gasteiger partial charge in [-0.2, -0.15) is 0 Å². The van der Waals surface area contributed by atoms with Crippen LogP contribution in [0.25, 0.3) is 0 Å². The number of halogens is 3. The van der Waals surface area contributed by atoms with Gasteiger partial charge in [-0.3, -0.25) is 0 Å². The van der Waals surface area contributed by atoms with Crippen molar-refractivity contribution in [1.82, 2.24) is 0 Å². The Balaban J connectivity index is 1.95. The van der Waals surface area contributed by atoms with E-state index in [9.17, 15) is 13.2 Å². The SMILES string of the molecule is Fc1cc(F)c(C2CCc3ccccc3N2)cc1F. The van der Waals surface area contributed by atoms with E-state index in [2.05, 4.69) is 5.32 Å². The molecule has 19 heavy (non-hydrogen) atoms. The highest BCUT2D eigenvalue weighted by atomic mass is 19.2. The first kappa shape index (κ1) is 12.1. The Morgan fingerprint density at radius 1 is 0.947 bits per heavy atom. The first-order valence-electron chi connectivity index (χ1n) is 6.14. The van der Waals surface area contributed by atoms with E-state index in [0.29, 0.717) is 12.5 Å². The molecule has 0 fully saturated rings. The molecule has 1 heterocycles. The van der Waals surface area contributed by atoms with Gasteiger partial charge in [0.2, 0.25) is 0 Å². The standard InChI is InChI=1S/C15H12F3N/c16-11-8-13(18)12(17)7-10(11)15-6-5-9-3-1-2-4-14(9)19-15/h1-4,7-8,15,19H,5-6H2. The molecule has 0 saturated carbocycles. The summed E-state index contributed by atoms with van der Waals surface area (Å²) in [6.07, 6.45) is 1.44. The third-order valence-electron chi connectivity index (χ3n) is 3.46. The zero-order valence-corrected chi connectivity index (χ0v) is 10.1. The van der Waals surface area contributed by atoms with Gasteiger partial charge in [-0.15, -0.1) is 0 Å². The summed E-state index contributed by atoms with van der Waals surface area (Å²) in [5.41, 5.74) is 2.25. The van der Waals surface area contributed by atoms with Gasteiger partial charge in [0.05, 0.1) is 6.04 Å². The van der Waals surface area contributed by atoms with E-state index in [4.69, 9.17) is 0 Å². The summed E-state index contributed by atoms with van der Waals surface area (Å²) < 4.78 is 39.9. The van der Waals surface area contributed by atoms with Crippen molar-refractivity contribution in [2.75, 3.05) is 5.32 Å². The predicted octanol–water partition coefficient (Wildman–Crippen LogP) is 4.20.